The Bertz CT molecular complexity index is 343. The van der Waals surface area contributed by atoms with E-state index in [0.717, 1.165) is 6.92 Å². The molecule has 1 unspecified atom stereocenters. The van der Waals surface area contributed by atoms with Crippen LogP contribution < -0.4 is 0 Å². The zero-order chi connectivity index (χ0) is 12.0. The summed E-state index contributed by atoms with van der Waals surface area (Å²) in [7, 11) is 2.87. The van der Waals surface area contributed by atoms with Gasteiger partial charge in [0.05, 0.1) is 5.71 Å². The summed E-state index contributed by atoms with van der Waals surface area (Å²) >= 11 is 0. The number of carbonyl (C=O) groups excluding carboxylic acids is 3. The van der Waals surface area contributed by atoms with Crippen LogP contribution in [-0.2, 0) is 14.4 Å². The van der Waals surface area contributed by atoms with E-state index < -0.39 is 17.5 Å². The SMILES string of the molecule is CN=CC(C(=O)C(C)=O)C(=NC)C(C)=O. The number of ketones is 3. The Morgan fingerprint density at radius 1 is 1.07 bits per heavy atom. The van der Waals surface area contributed by atoms with Crippen LogP contribution in [-0.4, -0.2) is 43.4 Å². The van der Waals surface area contributed by atoms with Crippen molar-refractivity contribution < 1.29 is 14.4 Å². The molecule has 0 heterocycles. The first-order valence-electron chi connectivity index (χ1n) is 4.40. The first kappa shape index (κ1) is 13.4. The van der Waals surface area contributed by atoms with E-state index in [9.17, 15) is 14.4 Å². The molecule has 0 aliphatic heterocycles. The summed E-state index contributed by atoms with van der Waals surface area (Å²) in [6.45, 7) is 2.46. The van der Waals surface area contributed by atoms with E-state index >= 15 is 0 Å². The topological polar surface area (TPSA) is 75.9 Å². The van der Waals surface area contributed by atoms with Gasteiger partial charge in [-0.05, 0) is 0 Å². The van der Waals surface area contributed by atoms with Gasteiger partial charge in [0.2, 0.25) is 5.78 Å². The van der Waals surface area contributed by atoms with Gasteiger partial charge in [-0.15, -0.1) is 0 Å². The molecular weight excluding hydrogens is 196 g/mol. The van der Waals surface area contributed by atoms with Crippen LogP contribution in [0.5, 0.6) is 0 Å². The number of carbonyl (C=O) groups is 3. The molecule has 0 saturated heterocycles. The number of nitrogens with zero attached hydrogens (tertiary/aromatic N) is 2. The monoisotopic (exact) mass is 210 g/mol. The third-order valence-corrected chi connectivity index (χ3v) is 1.82. The van der Waals surface area contributed by atoms with Gasteiger partial charge in [-0.1, -0.05) is 0 Å². The lowest BCUT2D eigenvalue weighted by molar-refractivity contribution is -0.135. The van der Waals surface area contributed by atoms with Crippen molar-refractivity contribution in [2.45, 2.75) is 13.8 Å². The molecule has 82 valence electrons. The smallest absolute Gasteiger partial charge is 0.212 e. The highest BCUT2D eigenvalue weighted by molar-refractivity contribution is 6.54. The van der Waals surface area contributed by atoms with E-state index in [1.54, 1.807) is 0 Å². The molecule has 0 spiro atoms. The maximum absolute atomic E-state index is 11.5. The second-order valence-corrected chi connectivity index (χ2v) is 2.97. The summed E-state index contributed by atoms with van der Waals surface area (Å²) in [5.41, 5.74) is 0.0563. The largest absolute Gasteiger partial charge is 0.300 e. The molecule has 0 aromatic heterocycles. The fourth-order valence-electron chi connectivity index (χ4n) is 1.15. The van der Waals surface area contributed by atoms with E-state index in [-0.39, 0.29) is 11.5 Å². The second-order valence-electron chi connectivity index (χ2n) is 2.97. The molecular formula is C10H14N2O3. The lowest BCUT2D eigenvalue weighted by Gasteiger charge is -2.09. The van der Waals surface area contributed by atoms with Gasteiger partial charge in [-0.25, -0.2) is 0 Å². The van der Waals surface area contributed by atoms with Gasteiger partial charge >= 0.3 is 0 Å². The minimum Gasteiger partial charge on any atom is -0.300 e. The molecule has 1 atom stereocenters. The van der Waals surface area contributed by atoms with Crippen LogP contribution in [0.2, 0.25) is 0 Å². The molecule has 15 heavy (non-hydrogen) atoms. The van der Waals surface area contributed by atoms with Crippen LogP contribution in [0.4, 0.5) is 0 Å². The fourth-order valence-corrected chi connectivity index (χ4v) is 1.15. The molecule has 0 aliphatic carbocycles. The Kier molecular flexibility index (Phi) is 5.30. The molecule has 5 nitrogen and oxygen atoms in total. The number of aliphatic imine (C=N–C) groups is 2. The Morgan fingerprint density at radius 3 is 1.87 bits per heavy atom. The minimum absolute atomic E-state index is 0.0563. The molecule has 0 N–H and O–H groups in total. The Balaban J connectivity index is 5.22. The average Bonchev–Trinajstić information content (AvgIpc) is 2.15. The van der Waals surface area contributed by atoms with Crippen LogP contribution >= 0.6 is 0 Å². The van der Waals surface area contributed by atoms with Crippen molar-refractivity contribution in [1.29, 1.82) is 0 Å². The van der Waals surface area contributed by atoms with Crippen molar-refractivity contribution in [3.05, 3.63) is 0 Å². The molecule has 0 rings (SSSR count). The lowest BCUT2D eigenvalue weighted by atomic mass is 9.94. The van der Waals surface area contributed by atoms with Crippen molar-refractivity contribution in [2.24, 2.45) is 15.9 Å². The summed E-state index contributed by atoms with van der Waals surface area (Å²) in [5.74, 6) is -2.56. The van der Waals surface area contributed by atoms with Crippen LogP contribution in [0, 0.1) is 5.92 Å². The number of Topliss-reactive ketones (excluding diaryl/α,β-unsaturated/α-hetero) is 3. The van der Waals surface area contributed by atoms with Crippen molar-refractivity contribution in [3.8, 4) is 0 Å². The standard InChI is InChI=1S/C10H14N2O3/c1-6(13)9(12-4)8(5-11-3)10(15)7(2)14/h5,8H,1-4H3. The van der Waals surface area contributed by atoms with Crippen LogP contribution in [0.25, 0.3) is 0 Å². The van der Waals surface area contributed by atoms with Crippen molar-refractivity contribution in [1.82, 2.24) is 0 Å². The van der Waals surface area contributed by atoms with Crippen LogP contribution in [0.3, 0.4) is 0 Å². The third kappa shape index (κ3) is 3.53. The predicted octanol–water partition coefficient (Wildman–Crippen LogP) is 0.121. The van der Waals surface area contributed by atoms with Gasteiger partial charge in [0.15, 0.2) is 11.6 Å². The summed E-state index contributed by atoms with van der Waals surface area (Å²) in [4.78, 5) is 40.9. The summed E-state index contributed by atoms with van der Waals surface area (Å²) in [6.07, 6.45) is 1.26. The van der Waals surface area contributed by atoms with Crippen LogP contribution in [0.1, 0.15) is 13.8 Å². The van der Waals surface area contributed by atoms with E-state index in [1.807, 2.05) is 0 Å². The van der Waals surface area contributed by atoms with Gasteiger partial charge in [0.1, 0.15) is 5.92 Å². The minimum atomic E-state index is -0.949. The van der Waals surface area contributed by atoms with Crippen molar-refractivity contribution in [3.63, 3.8) is 0 Å². The first-order chi connectivity index (χ1) is 6.95. The van der Waals surface area contributed by atoms with Gasteiger partial charge in [-0.3, -0.25) is 24.4 Å². The normalized spacial score (nSPS) is 14.0. The van der Waals surface area contributed by atoms with E-state index in [1.165, 1.54) is 27.2 Å². The molecule has 0 radical (unpaired) electrons. The molecule has 0 aromatic rings. The third-order valence-electron chi connectivity index (χ3n) is 1.82. The maximum Gasteiger partial charge on any atom is 0.212 e. The van der Waals surface area contributed by atoms with Gasteiger partial charge in [0.25, 0.3) is 0 Å². The predicted molar refractivity (Wildman–Crippen MR) is 57.6 cm³/mol. The maximum atomic E-state index is 11.5. The fraction of sp³-hybridized carbons (Fsp3) is 0.500. The van der Waals surface area contributed by atoms with Crippen molar-refractivity contribution >= 4 is 29.3 Å². The summed E-state index contributed by atoms with van der Waals surface area (Å²) < 4.78 is 0. The molecule has 0 amide bonds. The highest BCUT2D eigenvalue weighted by atomic mass is 16.2. The van der Waals surface area contributed by atoms with Crippen molar-refractivity contribution in [2.75, 3.05) is 14.1 Å². The first-order valence-corrected chi connectivity index (χ1v) is 4.40. The molecule has 0 fully saturated rings. The lowest BCUT2D eigenvalue weighted by Crippen LogP contribution is -2.34. The van der Waals surface area contributed by atoms with Crippen LogP contribution in [0.15, 0.2) is 9.98 Å². The molecule has 0 saturated carbocycles. The molecule has 0 bridgehead atoms. The Labute approximate surface area is 88.3 Å². The van der Waals surface area contributed by atoms with E-state index in [4.69, 9.17) is 0 Å². The summed E-state index contributed by atoms with van der Waals surface area (Å²) in [5, 5.41) is 0. The average molecular weight is 210 g/mol. The summed E-state index contributed by atoms with van der Waals surface area (Å²) in [6, 6.07) is 0. The highest BCUT2D eigenvalue weighted by Gasteiger charge is 2.27. The van der Waals surface area contributed by atoms with Gasteiger partial charge < -0.3 is 0 Å². The zero-order valence-corrected chi connectivity index (χ0v) is 9.27. The number of rotatable bonds is 5. The van der Waals surface area contributed by atoms with Gasteiger partial charge in [-0.2, -0.15) is 0 Å². The highest BCUT2D eigenvalue weighted by Crippen LogP contribution is 2.02. The van der Waals surface area contributed by atoms with Gasteiger partial charge in [0, 0.05) is 34.2 Å². The Hall–Kier alpha value is -1.65. The second kappa shape index (κ2) is 5.95. The quantitative estimate of drug-likeness (QED) is 0.477. The number of hydrogen-bond acceptors (Lipinski definition) is 5. The number of hydrogen-bond donors (Lipinski definition) is 0. The molecule has 0 aromatic carbocycles. The van der Waals surface area contributed by atoms with E-state index in [2.05, 4.69) is 9.98 Å². The zero-order valence-electron chi connectivity index (χ0n) is 9.27. The van der Waals surface area contributed by atoms with E-state index in [0.29, 0.717) is 0 Å². The molecule has 0 aliphatic rings. The Morgan fingerprint density at radius 2 is 1.60 bits per heavy atom. The molecule has 5 heteroatoms.